The number of ketones is 1. The van der Waals surface area contributed by atoms with Gasteiger partial charge in [0.25, 0.3) is 0 Å². The maximum Gasteiger partial charge on any atom is 0.192 e. The van der Waals surface area contributed by atoms with E-state index in [2.05, 4.69) is 4.98 Å². The topological polar surface area (TPSA) is 69.1 Å². The molecule has 17 heavy (non-hydrogen) atoms. The van der Waals surface area contributed by atoms with Crippen molar-refractivity contribution in [3.05, 3.63) is 29.7 Å². The van der Waals surface area contributed by atoms with Crippen LogP contribution in [0.5, 0.6) is 0 Å². The first-order valence-electron chi connectivity index (χ1n) is 5.68. The Labute approximate surface area is 99.8 Å². The van der Waals surface area contributed by atoms with Gasteiger partial charge in [-0.15, -0.1) is 0 Å². The number of benzene rings is 1. The lowest BCUT2D eigenvalue weighted by Gasteiger charge is -2.10. The number of fused-ring (bicyclic) bond motifs is 1. The van der Waals surface area contributed by atoms with Crippen molar-refractivity contribution < 1.29 is 9.21 Å². The number of rotatable bonds is 4. The molecule has 0 aliphatic carbocycles. The van der Waals surface area contributed by atoms with Crippen molar-refractivity contribution in [1.82, 2.24) is 4.98 Å². The summed E-state index contributed by atoms with van der Waals surface area (Å²) in [5, 5.41) is 0. The summed E-state index contributed by atoms with van der Waals surface area (Å²) >= 11 is 0. The lowest BCUT2D eigenvalue weighted by Crippen LogP contribution is -2.11. The highest BCUT2D eigenvalue weighted by molar-refractivity contribution is 5.75. The van der Waals surface area contributed by atoms with Crippen LogP contribution in [0.15, 0.2) is 22.6 Å². The Morgan fingerprint density at radius 3 is 3.00 bits per heavy atom. The van der Waals surface area contributed by atoms with E-state index in [1.54, 1.807) is 6.92 Å². The quantitative estimate of drug-likeness (QED) is 0.879. The molecule has 2 N–H and O–H groups in total. The Kier molecular flexibility index (Phi) is 3.24. The molecule has 0 bridgehead atoms. The zero-order chi connectivity index (χ0) is 12.4. The molecule has 4 heteroatoms. The maximum absolute atomic E-state index is 10.9. The van der Waals surface area contributed by atoms with E-state index < -0.39 is 0 Å². The summed E-state index contributed by atoms with van der Waals surface area (Å²) in [4.78, 5) is 15.2. The Morgan fingerprint density at radius 2 is 2.29 bits per heavy atom. The molecule has 2 rings (SSSR count). The average molecular weight is 232 g/mol. The minimum Gasteiger partial charge on any atom is -0.441 e. The van der Waals surface area contributed by atoms with Crippen molar-refractivity contribution in [1.29, 1.82) is 0 Å². The molecule has 90 valence electrons. The third kappa shape index (κ3) is 2.71. The molecule has 0 radical (unpaired) electrons. The monoisotopic (exact) mass is 232 g/mol. The summed E-state index contributed by atoms with van der Waals surface area (Å²) in [5.74, 6) is 0.813. The van der Waals surface area contributed by atoms with Gasteiger partial charge in [-0.05, 0) is 31.0 Å². The summed E-state index contributed by atoms with van der Waals surface area (Å²) in [6, 6.07) is 5.60. The first-order chi connectivity index (χ1) is 8.06. The molecular formula is C13H16N2O2. The highest BCUT2D eigenvalue weighted by Crippen LogP contribution is 2.22. The molecule has 0 amide bonds. The van der Waals surface area contributed by atoms with Crippen LogP contribution in [0.4, 0.5) is 0 Å². The van der Waals surface area contributed by atoms with Gasteiger partial charge in [-0.1, -0.05) is 6.07 Å². The molecule has 0 saturated carbocycles. The number of nitrogens with zero attached hydrogens (tertiary/aromatic N) is 1. The van der Waals surface area contributed by atoms with Crippen LogP contribution in [-0.4, -0.2) is 10.8 Å². The van der Waals surface area contributed by atoms with Crippen LogP contribution in [0.1, 0.15) is 37.3 Å². The summed E-state index contributed by atoms with van der Waals surface area (Å²) in [6.07, 6.45) is 1.18. The highest BCUT2D eigenvalue weighted by atomic mass is 16.3. The van der Waals surface area contributed by atoms with E-state index in [4.69, 9.17) is 10.2 Å². The summed E-state index contributed by atoms with van der Waals surface area (Å²) in [5.41, 5.74) is 8.61. The predicted molar refractivity (Wildman–Crippen MR) is 65.6 cm³/mol. The van der Waals surface area contributed by atoms with Crippen LogP contribution in [0.2, 0.25) is 0 Å². The van der Waals surface area contributed by atoms with E-state index in [-0.39, 0.29) is 11.8 Å². The number of carbonyl (C=O) groups excluding carboxylic acids is 1. The van der Waals surface area contributed by atoms with Crippen LogP contribution in [0, 0.1) is 6.92 Å². The highest BCUT2D eigenvalue weighted by Gasteiger charge is 2.10. The normalized spacial score (nSPS) is 12.9. The molecule has 2 aromatic rings. The van der Waals surface area contributed by atoms with Gasteiger partial charge in [-0.25, -0.2) is 4.98 Å². The van der Waals surface area contributed by atoms with Gasteiger partial charge in [0.05, 0.1) is 0 Å². The Morgan fingerprint density at radius 1 is 1.53 bits per heavy atom. The second kappa shape index (κ2) is 4.67. The third-order valence-corrected chi connectivity index (χ3v) is 2.75. The van der Waals surface area contributed by atoms with Crippen molar-refractivity contribution in [3.8, 4) is 0 Å². The van der Waals surface area contributed by atoms with Crippen LogP contribution >= 0.6 is 0 Å². The number of hydrogen-bond donors (Lipinski definition) is 1. The zero-order valence-corrected chi connectivity index (χ0v) is 10.1. The standard InChI is InChI=1S/C13H16N2O2/c1-8(16)3-5-11(14)10-4-6-13-12(7-10)15-9(2)17-13/h4,6-7,11H,3,5,14H2,1-2H3. The molecule has 0 aliphatic heterocycles. The lowest BCUT2D eigenvalue weighted by molar-refractivity contribution is -0.117. The molecule has 4 nitrogen and oxygen atoms in total. The van der Waals surface area contributed by atoms with Crippen LogP contribution in [0.25, 0.3) is 11.1 Å². The van der Waals surface area contributed by atoms with E-state index in [0.717, 1.165) is 16.7 Å². The van der Waals surface area contributed by atoms with Gasteiger partial charge in [0.15, 0.2) is 11.5 Å². The van der Waals surface area contributed by atoms with Crippen molar-refractivity contribution in [2.75, 3.05) is 0 Å². The third-order valence-electron chi connectivity index (χ3n) is 2.75. The minimum atomic E-state index is -0.125. The Bertz CT molecular complexity index is 545. The fourth-order valence-electron chi connectivity index (χ4n) is 1.82. The fourth-order valence-corrected chi connectivity index (χ4v) is 1.82. The van der Waals surface area contributed by atoms with Gasteiger partial charge in [0.1, 0.15) is 11.3 Å². The van der Waals surface area contributed by atoms with Crippen LogP contribution in [0.3, 0.4) is 0 Å². The lowest BCUT2D eigenvalue weighted by atomic mass is 10.0. The van der Waals surface area contributed by atoms with Gasteiger partial charge in [-0.3, -0.25) is 0 Å². The summed E-state index contributed by atoms with van der Waals surface area (Å²) in [7, 11) is 0. The van der Waals surface area contributed by atoms with Crippen LogP contribution < -0.4 is 5.73 Å². The number of Topliss-reactive ketones (excluding diaryl/α,β-unsaturated/α-hetero) is 1. The maximum atomic E-state index is 10.9. The molecule has 1 aromatic carbocycles. The van der Waals surface area contributed by atoms with Gasteiger partial charge in [0.2, 0.25) is 0 Å². The Balaban J connectivity index is 2.20. The van der Waals surface area contributed by atoms with Crippen molar-refractivity contribution >= 4 is 16.9 Å². The second-order valence-electron chi connectivity index (χ2n) is 4.31. The molecule has 1 unspecified atom stereocenters. The first-order valence-corrected chi connectivity index (χ1v) is 5.68. The smallest absolute Gasteiger partial charge is 0.192 e. The first kappa shape index (κ1) is 11.8. The number of oxazole rings is 1. The number of carbonyl (C=O) groups is 1. The van der Waals surface area contributed by atoms with E-state index in [1.165, 1.54) is 0 Å². The zero-order valence-electron chi connectivity index (χ0n) is 10.1. The number of aryl methyl sites for hydroxylation is 1. The van der Waals surface area contributed by atoms with Crippen molar-refractivity contribution in [2.45, 2.75) is 32.7 Å². The molecule has 0 fully saturated rings. The van der Waals surface area contributed by atoms with E-state index in [1.807, 2.05) is 25.1 Å². The van der Waals surface area contributed by atoms with E-state index in [9.17, 15) is 4.79 Å². The Hall–Kier alpha value is -1.68. The minimum absolute atomic E-state index is 0.125. The summed E-state index contributed by atoms with van der Waals surface area (Å²) < 4.78 is 5.39. The molecule has 0 aliphatic rings. The van der Waals surface area contributed by atoms with E-state index in [0.29, 0.717) is 18.7 Å². The van der Waals surface area contributed by atoms with Crippen molar-refractivity contribution in [2.24, 2.45) is 5.73 Å². The van der Waals surface area contributed by atoms with Crippen molar-refractivity contribution in [3.63, 3.8) is 0 Å². The SMILES string of the molecule is CC(=O)CCC(N)c1ccc2oc(C)nc2c1. The number of nitrogens with two attached hydrogens (primary N) is 1. The summed E-state index contributed by atoms with van der Waals surface area (Å²) in [6.45, 7) is 3.40. The molecule has 1 heterocycles. The molecule has 1 atom stereocenters. The molecular weight excluding hydrogens is 216 g/mol. The van der Waals surface area contributed by atoms with Gasteiger partial charge in [-0.2, -0.15) is 0 Å². The average Bonchev–Trinajstić information content (AvgIpc) is 2.64. The second-order valence-corrected chi connectivity index (χ2v) is 4.31. The van der Waals surface area contributed by atoms with Crippen LogP contribution in [-0.2, 0) is 4.79 Å². The molecule has 1 aromatic heterocycles. The molecule has 0 spiro atoms. The van der Waals surface area contributed by atoms with Gasteiger partial charge >= 0.3 is 0 Å². The van der Waals surface area contributed by atoms with E-state index >= 15 is 0 Å². The largest absolute Gasteiger partial charge is 0.441 e. The predicted octanol–water partition coefficient (Wildman–Crippen LogP) is 2.51. The number of hydrogen-bond acceptors (Lipinski definition) is 4. The van der Waals surface area contributed by atoms with Gasteiger partial charge < -0.3 is 14.9 Å². The molecule has 0 saturated heterocycles. The van der Waals surface area contributed by atoms with Gasteiger partial charge in [0, 0.05) is 19.4 Å². The number of aromatic nitrogens is 1. The fraction of sp³-hybridized carbons (Fsp3) is 0.385.